The highest BCUT2D eigenvalue weighted by atomic mass is 19.4. The zero-order valence-electron chi connectivity index (χ0n) is 10.1. The van der Waals surface area contributed by atoms with Crippen LogP contribution in [0.2, 0.25) is 0 Å². The molecule has 0 spiro atoms. The number of alkyl halides is 3. The number of anilines is 1. The molecule has 4 nitrogen and oxygen atoms in total. The number of carboxylic acid groups (broad SMARTS) is 1. The minimum atomic E-state index is -4.63. The Labute approximate surface area is 107 Å². The summed E-state index contributed by atoms with van der Waals surface area (Å²) >= 11 is 0. The number of nitrogens with one attached hydrogen (secondary N) is 1. The fraction of sp³-hybridized carbons (Fsp3) is 0.333. The molecule has 0 amide bonds. The monoisotopic (exact) mass is 274 g/mol. The number of hydrogen-bond acceptors (Lipinski definition) is 3. The molecule has 0 aliphatic carbocycles. The first kappa shape index (κ1) is 15.0. The molecular formula is C12H13F3N2O2. The summed E-state index contributed by atoms with van der Waals surface area (Å²) in [5, 5.41) is 16.6. The topological polar surface area (TPSA) is 87.2 Å². The van der Waals surface area contributed by atoms with Crippen molar-refractivity contribution in [1.29, 1.82) is 5.41 Å². The van der Waals surface area contributed by atoms with E-state index in [0.29, 0.717) is 6.07 Å². The average Bonchev–Trinajstić information content (AvgIpc) is 2.28. The van der Waals surface area contributed by atoms with Crippen LogP contribution in [-0.2, 0) is 11.0 Å². The van der Waals surface area contributed by atoms with Crippen molar-refractivity contribution in [2.75, 3.05) is 5.73 Å². The summed E-state index contributed by atoms with van der Waals surface area (Å²) in [7, 11) is 0. The Balaban J connectivity index is 3.23. The molecule has 4 N–H and O–H groups in total. The molecule has 1 rings (SSSR count). The van der Waals surface area contributed by atoms with Crippen molar-refractivity contribution in [3.63, 3.8) is 0 Å². The Morgan fingerprint density at radius 2 is 2.05 bits per heavy atom. The van der Waals surface area contributed by atoms with Gasteiger partial charge in [0.2, 0.25) is 0 Å². The summed E-state index contributed by atoms with van der Waals surface area (Å²) in [5.74, 6) is -2.37. The van der Waals surface area contributed by atoms with Gasteiger partial charge in [-0.3, -0.25) is 4.79 Å². The molecule has 7 heteroatoms. The molecule has 0 aliphatic heterocycles. The lowest BCUT2D eigenvalue weighted by Gasteiger charge is -2.15. The van der Waals surface area contributed by atoms with Gasteiger partial charge in [-0.1, -0.05) is 13.0 Å². The number of benzene rings is 1. The van der Waals surface area contributed by atoms with E-state index in [2.05, 4.69) is 0 Å². The molecule has 0 unspecified atom stereocenters. The normalized spacial score (nSPS) is 13.1. The SMILES string of the molecule is CC[C@H](C(=N)c1ccc(N)c(C(F)(F)F)c1)C(=O)O. The van der Waals surface area contributed by atoms with Gasteiger partial charge in [0.15, 0.2) is 0 Å². The maximum absolute atomic E-state index is 12.7. The molecule has 19 heavy (non-hydrogen) atoms. The van der Waals surface area contributed by atoms with Crippen molar-refractivity contribution >= 4 is 17.4 Å². The number of aliphatic carboxylic acids is 1. The second-order valence-electron chi connectivity index (χ2n) is 4.01. The van der Waals surface area contributed by atoms with Crippen molar-refractivity contribution in [2.24, 2.45) is 5.92 Å². The molecule has 0 fully saturated rings. The summed E-state index contributed by atoms with van der Waals surface area (Å²) in [6.07, 6.45) is -4.51. The van der Waals surface area contributed by atoms with Gasteiger partial charge in [-0.15, -0.1) is 0 Å². The Morgan fingerprint density at radius 1 is 1.47 bits per heavy atom. The zero-order valence-corrected chi connectivity index (χ0v) is 10.1. The highest BCUT2D eigenvalue weighted by molar-refractivity contribution is 6.09. The molecule has 0 heterocycles. The van der Waals surface area contributed by atoms with Gasteiger partial charge in [0.05, 0.1) is 17.2 Å². The lowest BCUT2D eigenvalue weighted by atomic mass is 9.93. The van der Waals surface area contributed by atoms with E-state index >= 15 is 0 Å². The van der Waals surface area contributed by atoms with E-state index in [1.54, 1.807) is 6.92 Å². The van der Waals surface area contributed by atoms with Crippen LogP contribution in [-0.4, -0.2) is 16.8 Å². The Morgan fingerprint density at radius 3 is 2.47 bits per heavy atom. The summed E-state index contributed by atoms with van der Waals surface area (Å²) in [6.45, 7) is 1.55. The fourth-order valence-electron chi connectivity index (χ4n) is 1.67. The summed E-state index contributed by atoms with van der Waals surface area (Å²) in [4.78, 5) is 10.9. The minimum absolute atomic E-state index is 0.0872. The van der Waals surface area contributed by atoms with Crippen LogP contribution in [0.15, 0.2) is 18.2 Å². The molecule has 104 valence electrons. The van der Waals surface area contributed by atoms with Crippen molar-refractivity contribution in [3.8, 4) is 0 Å². The van der Waals surface area contributed by atoms with Crippen LogP contribution in [0.1, 0.15) is 24.5 Å². The highest BCUT2D eigenvalue weighted by Crippen LogP contribution is 2.34. The van der Waals surface area contributed by atoms with Gasteiger partial charge in [-0.25, -0.2) is 0 Å². The van der Waals surface area contributed by atoms with E-state index in [-0.39, 0.29) is 17.7 Å². The van der Waals surface area contributed by atoms with Crippen LogP contribution in [0.3, 0.4) is 0 Å². The van der Waals surface area contributed by atoms with Gasteiger partial charge in [-0.05, 0) is 24.1 Å². The molecule has 1 aromatic carbocycles. The molecule has 0 saturated heterocycles. The average molecular weight is 274 g/mol. The first-order valence-corrected chi connectivity index (χ1v) is 5.46. The van der Waals surface area contributed by atoms with Crippen molar-refractivity contribution < 1.29 is 23.1 Å². The van der Waals surface area contributed by atoms with Crippen LogP contribution >= 0.6 is 0 Å². The van der Waals surface area contributed by atoms with Crippen LogP contribution in [0.25, 0.3) is 0 Å². The summed E-state index contributed by atoms with van der Waals surface area (Å²) < 4.78 is 38.0. The van der Waals surface area contributed by atoms with Crippen LogP contribution in [0.4, 0.5) is 18.9 Å². The molecule has 1 atom stereocenters. The first-order valence-electron chi connectivity index (χ1n) is 5.46. The minimum Gasteiger partial charge on any atom is -0.481 e. The van der Waals surface area contributed by atoms with E-state index in [4.69, 9.17) is 16.2 Å². The molecular weight excluding hydrogens is 261 g/mol. The number of carbonyl (C=O) groups is 1. The fourth-order valence-corrected chi connectivity index (χ4v) is 1.67. The molecule has 0 radical (unpaired) electrons. The van der Waals surface area contributed by atoms with Crippen LogP contribution in [0.5, 0.6) is 0 Å². The smallest absolute Gasteiger partial charge is 0.418 e. The van der Waals surface area contributed by atoms with Crippen LogP contribution < -0.4 is 5.73 Å². The Bertz CT molecular complexity index is 512. The van der Waals surface area contributed by atoms with Crippen molar-refractivity contribution in [2.45, 2.75) is 19.5 Å². The van der Waals surface area contributed by atoms with E-state index < -0.39 is 29.3 Å². The standard InChI is InChI=1S/C12H13F3N2O2/c1-2-7(11(18)19)10(17)6-3-4-9(16)8(5-6)12(13,14)15/h3-5,7,17H,2,16H2,1H3,(H,18,19)/t7-/m1/s1. The van der Waals surface area contributed by atoms with Gasteiger partial charge in [0.25, 0.3) is 0 Å². The van der Waals surface area contributed by atoms with Crippen LogP contribution in [0, 0.1) is 11.3 Å². The van der Waals surface area contributed by atoms with Gasteiger partial charge in [0, 0.05) is 5.69 Å². The number of hydrogen-bond donors (Lipinski definition) is 3. The maximum Gasteiger partial charge on any atom is 0.418 e. The van der Waals surface area contributed by atoms with Crippen molar-refractivity contribution in [3.05, 3.63) is 29.3 Å². The molecule has 1 aromatic rings. The Kier molecular flexibility index (Phi) is 4.18. The number of nitrogen functional groups attached to an aromatic ring is 1. The predicted molar refractivity (Wildman–Crippen MR) is 64.1 cm³/mol. The molecule has 0 saturated carbocycles. The third-order valence-corrected chi connectivity index (χ3v) is 2.72. The van der Waals surface area contributed by atoms with Crippen molar-refractivity contribution in [1.82, 2.24) is 0 Å². The third-order valence-electron chi connectivity index (χ3n) is 2.72. The summed E-state index contributed by atoms with van der Waals surface area (Å²) in [6, 6.07) is 2.96. The number of carboxylic acids is 1. The quantitative estimate of drug-likeness (QED) is 0.582. The van der Waals surface area contributed by atoms with Gasteiger partial charge in [0.1, 0.15) is 0 Å². The van der Waals surface area contributed by atoms with E-state index in [0.717, 1.165) is 6.07 Å². The number of rotatable bonds is 4. The first-order chi connectivity index (χ1) is 8.68. The molecule has 0 bridgehead atoms. The lowest BCUT2D eigenvalue weighted by molar-refractivity contribution is -0.139. The molecule has 0 aliphatic rings. The third kappa shape index (κ3) is 3.24. The second kappa shape index (κ2) is 5.29. The van der Waals surface area contributed by atoms with E-state index in [1.165, 1.54) is 6.07 Å². The molecule has 0 aromatic heterocycles. The van der Waals surface area contributed by atoms with E-state index in [9.17, 15) is 18.0 Å². The second-order valence-corrected chi connectivity index (χ2v) is 4.01. The van der Waals surface area contributed by atoms with Gasteiger partial charge >= 0.3 is 12.1 Å². The van der Waals surface area contributed by atoms with E-state index in [1.807, 2.05) is 0 Å². The summed E-state index contributed by atoms with van der Waals surface area (Å²) in [5.41, 5.74) is 3.28. The largest absolute Gasteiger partial charge is 0.481 e. The maximum atomic E-state index is 12.7. The van der Waals surface area contributed by atoms with Gasteiger partial charge < -0.3 is 16.2 Å². The predicted octanol–water partition coefficient (Wildman–Crippen LogP) is 2.77. The Hall–Kier alpha value is -2.05. The highest BCUT2D eigenvalue weighted by Gasteiger charge is 2.34. The number of halogens is 3. The number of nitrogens with two attached hydrogens (primary N) is 1. The lowest BCUT2D eigenvalue weighted by Crippen LogP contribution is -2.23. The zero-order chi connectivity index (χ0) is 14.8. The van der Waals surface area contributed by atoms with Gasteiger partial charge in [-0.2, -0.15) is 13.2 Å².